The number of hydrogen-bond donors (Lipinski definition) is 1. The van der Waals surface area contributed by atoms with Gasteiger partial charge < -0.3 is 10.2 Å². The molecule has 1 aliphatic carbocycles. The van der Waals surface area contributed by atoms with Gasteiger partial charge in [0.1, 0.15) is 10.3 Å². The molecule has 4 rings (SSSR count). The number of aromatic nitrogens is 2. The Morgan fingerprint density at radius 2 is 2.10 bits per heavy atom. The SMILES string of the molecule is O=C(NC1CC1)C1CCN(c2nc3cccnc3s2)CC1. The number of piperidine rings is 1. The van der Waals surface area contributed by atoms with E-state index in [1.54, 1.807) is 17.5 Å². The van der Waals surface area contributed by atoms with Gasteiger partial charge in [-0.05, 0) is 37.8 Å². The molecule has 0 atom stereocenters. The quantitative estimate of drug-likeness (QED) is 0.944. The summed E-state index contributed by atoms with van der Waals surface area (Å²) in [4.78, 5) is 24.3. The highest BCUT2D eigenvalue weighted by Crippen LogP contribution is 2.30. The second-order valence-electron chi connectivity index (χ2n) is 5.87. The molecule has 5 nitrogen and oxygen atoms in total. The Hall–Kier alpha value is -1.69. The zero-order chi connectivity index (χ0) is 14.2. The van der Waals surface area contributed by atoms with Crippen molar-refractivity contribution in [1.82, 2.24) is 15.3 Å². The van der Waals surface area contributed by atoms with Crippen LogP contribution < -0.4 is 10.2 Å². The molecule has 1 N–H and O–H groups in total. The van der Waals surface area contributed by atoms with Gasteiger partial charge in [-0.2, -0.15) is 0 Å². The molecule has 0 bridgehead atoms. The molecule has 0 spiro atoms. The van der Waals surface area contributed by atoms with Gasteiger partial charge in [0, 0.05) is 31.2 Å². The van der Waals surface area contributed by atoms with Crippen molar-refractivity contribution in [2.24, 2.45) is 5.92 Å². The van der Waals surface area contributed by atoms with Crippen molar-refractivity contribution < 1.29 is 4.79 Å². The first kappa shape index (κ1) is 13.0. The van der Waals surface area contributed by atoms with Gasteiger partial charge in [-0.1, -0.05) is 11.3 Å². The van der Waals surface area contributed by atoms with Crippen LogP contribution in [0.4, 0.5) is 5.13 Å². The summed E-state index contributed by atoms with van der Waals surface area (Å²) in [7, 11) is 0. The van der Waals surface area contributed by atoms with Gasteiger partial charge in [0.05, 0.1) is 0 Å². The number of fused-ring (bicyclic) bond motifs is 1. The smallest absolute Gasteiger partial charge is 0.223 e. The van der Waals surface area contributed by atoms with Gasteiger partial charge in [-0.25, -0.2) is 9.97 Å². The van der Waals surface area contributed by atoms with Crippen LogP contribution in [-0.2, 0) is 4.79 Å². The first-order chi connectivity index (χ1) is 10.3. The van der Waals surface area contributed by atoms with E-state index in [0.29, 0.717) is 6.04 Å². The van der Waals surface area contributed by atoms with Crippen LogP contribution in [-0.4, -0.2) is 35.0 Å². The van der Waals surface area contributed by atoms with Crippen LogP contribution >= 0.6 is 11.3 Å². The van der Waals surface area contributed by atoms with E-state index in [2.05, 4.69) is 20.2 Å². The number of nitrogens with zero attached hydrogens (tertiary/aromatic N) is 3. The van der Waals surface area contributed by atoms with Gasteiger partial charge in [0.15, 0.2) is 5.13 Å². The Balaban J connectivity index is 1.41. The number of thiazole rings is 1. The fraction of sp³-hybridized carbons (Fsp3) is 0.533. The third-order valence-corrected chi connectivity index (χ3v) is 5.26. The van der Waals surface area contributed by atoms with Crippen molar-refractivity contribution in [2.75, 3.05) is 18.0 Å². The maximum Gasteiger partial charge on any atom is 0.223 e. The highest BCUT2D eigenvalue weighted by Gasteiger charge is 2.30. The molecule has 21 heavy (non-hydrogen) atoms. The van der Waals surface area contributed by atoms with Crippen LogP contribution in [0.15, 0.2) is 18.3 Å². The number of amides is 1. The summed E-state index contributed by atoms with van der Waals surface area (Å²) in [6.07, 6.45) is 5.95. The lowest BCUT2D eigenvalue weighted by Crippen LogP contribution is -2.41. The number of carbonyl (C=O) groups excluding carboxylic acids is 1. The van der Waals surface area contributed by atoms with Crippen molar-refractivity contribution in [1.29, 1.82) is 0 Å². The van der Waals surface area contributed by atoms with Gasteiger partial charge >= 0.3 is 0 Å². The van der Waals surface area contributed by atoms with E-state index in [-0.39, 0.29) is 11.8 Å². The Bertz CT molecular complexity index is 625. The molecule has 0 aromatic carbocycles. The second kappa shape index (κ2) is 5.26. The van der Waals surface area contributed by atoms with Crippen molar-refractivity contribution >= 4 is 32.7 Å². The van der Waals surface area contributed by atoms with E-state index in [1.165, 1.54) is 0 Å². The molecule has 3 heterocycles. The molecule has 2 fully saturated rings. The number of nitrogens with one attached hydrogen (secondary N) is 1. The Morgan fingerprint density at radius 1 is 1.29 bits per heavy atom. The maximum atomic E-state index is 12.1. The van der Waals surface area contributed by atoms with Gasteiger partial charge in [-0.15, -0.1) is 0 Å². The van der Waals surface area contributed by atoms with Crippen LogP contribution in [0.3, 0.4) is 0 Å². The molecule has 2 aromatic rings. The molecule has 2 aliphatic rings. The molecule has 1 aliphatic heterocycles. The van der Waals surface area contributed by atoms with Crippen LogP contribution in [0.2, 0.25) is 0 Å². The van der Waals surface area contributed by atoms with Crippen molar-refractivity contribution in [3.05, 3.63) is 18.3 Å². The number of pyridine rings is 1. The van der Waals surface area contributed by atoms with Crippen LogP contribution in [0.1, 0.15) is 25.7 Å². The van der Waals surface area contributed by atoms with E-state index in [0.717, 1.165) is 54.3 Å². The predicted octanol–water partition coefficient (Wildman–Crippen LogP) is 2.19. The van der Waals surface area contributed by atoms with Crippen molar-refractivity contribution in [3.8, 4) is 0 Å². The lowest BCUT2D eigenvalue weighted by molar-refractivity contribution is -0.125. The third kappa shape index (κ3) is 2.72. The van der Waals surface area contributed by atoms with Crippen molar-refractivity contribution in [3.63, 3.8) is 0 Å². The zero-order valence-electron chi connectivity index (χ0n) is 11.8. The first-order valence-corrected chi connectivity index (χ1v) is 8.38. The van der Waals surface area contributed by atoms with E-state index in [9.17, 15) is 4.79 Å². The van der Waals surface area contributed by atoms with Crippen LogP contribution in [0.5, 0.6) is 0 Å². The fourth-order valence-electron chi connectivity index (χ4n) is 2.77. The van der Waals surface area contributed by atoms with E-state index in [1.807, 2.05) is 12.1 Å². The summed E-state index contributed by atoms with van der Waals surface area (Å²) in [5, 5.41) is 4.15. The summed E-state index contributed by atoms with van der Waals surface area (Å²) < 4.78 is 0. The van der Waals surface area contributed by atoms with E-state index in [4.69, 9.17) is 0 Å². The normalized spacial score (nSPS) is 19.9. The molecule has 2 aromatic heterocycles. The lowest BCUT2D eigenvalue weighted by atomic mass is 9.96. The predicted molar refractivity (Wildman–Crippen MR) is 83.5 cm³/mol. The zero-order valence-corrected chi connectivity index (χ0v) is 12.6. The van der Waals surface area contributed by atoms with Gasteiger partial charge in [0.25, 0.3) is 0 Å². The maximum absolute atomic E-state index is 12.1. The van der Waals surface area contributed by atoms with E-state index < -0.39 is 0 Å². The Kier molecular flexibility index (Phi) is 3.25. The molecule has 1 amide bonds. The minimum atomic E-state index is 0.175. The second-order valence-corrected chi connectivity index (χ2v) is 6.82. The molecular formula is C15H18N4OS. The Labute approximate surface area is 127 Å². The van der Waals surface area contributed by atoms with Gasteiger partial charge in [-0.3, -0.25) is 4.79 Å². The average molecular weight is 302 g/mol. The third-order valence-electron chi connectivity index (χ3n) is 4.22. The van der Waals surface area contributed by atoms with E-state index >= 15 is 0 Å². The summed E-state index contributed by atoms with van der Waals surface area (Å²) in [6, 6.07) is 4.38. The minimum Gasteiger partial charge on any atom is -0.353 e. The standard InChI is InChI=1S/C15H18N4OS/c20-13(17-11-3-4-11)10-5-8-19(9-6-10)15-18-12-2-1-7-16-14(12)21-15/h1-2,7,10-11H,3-6,8-9H2,(H,17,20). The highest BCUT2D eigenvalue weighted by molar-refractivity contribution is 7.21. The minimum absolute atomic E-state index is 0.175. The molecule has 1 saturated carbocycles. The molecule has 1 saturated heterocycles. The van der Waals surface area contributed by atoms with Gasteiger partial charge in [0.2, 0.25) is 5.91 Å². The molecule has 110 valence electrons. The summed E-state index contributed by atoms with van der Waals surface area (Å²) in [5.41, 5.74) is 0.964. The average Bonchev–Trinajstić information content (AvgIpc) is 3.22. The number of hydrogen-bond acceptors (Lipinski definition) is 5. The summed E-state index contributed by atoms with van der Waals surface area (Å²) in [5.74, 6) is 0.428. The fourth-order valence-corrected chi connectivity index (χ4v) is 3.73. The van der Waals surface area contributed by atoms with Crippen LogP contribution in [0, 0.1) is 5.92 Å². The molecule has 0 unspecified atom stereocenters. The summed E-state index contributed by atoms with van der Waals surface area (Å²) in [6.45, 7) is 1.81. The molecule has 0 radical (unpaired) electrons. The summed E-state index contributed by atoms with van der Waals surface area (Å²) >= 11 is 1.64. The monoisotopic (exact) mass is 302 g/mol. The van der Waals surface area contributed by atoms with Crippen LogP contribution in [0.25, 0.3) is 10.3 Å². The number of anilines is 1. The topological polar surface area (TPSA) is 58.1 Å². The molecule has 6 heteroatoms. The Morgan fingerprint density at radius 3 is 2.81 bits per heavy atom. The first-order valence-electron chi connectivity index (χ1n) is 7.56. The number of rotatable bonds is 3. The largest absolute Gasteiger partial charge is 0.353 e. The molecular weight excluding hydrogens is 284 g/mol. The highest BCUT2D eigenvalue weighted by atomic mass is 32.1. The number of carbonyl (C=O) groups is 1. The lowest BCUT2D eigenvalue weighted by Gasteiger charge is -2.30. The van der Waals surface area contributed by atoms with Crippen molar-refractivity contribution in [2.45, 2.75) is 31.7 Å².